The summed E-state index contributed by atoms with van der Waals surface area (Å²) in [5, 5.41) is 1.11. The monoisotopic (exact) mass is 196 g/mol. The molecule has 72 valence electrons. The van der Waals surface area contributed by atoms with Crippen molar-refractivity contribution in [1.29, 1.82) is 0 Å². The van der Waals surface area contributed by atoms with Crippen LogP contribution in [0.1, 0.15) is 47.9 Å². The van der Waals surface area contributed by atoms with Gasteiger partial charge in [-0.15, -0.1) is 11.3 Å². The number of nitrogen functional groups attached to an aromatic ring is 1. The molecule has 0 atom stereocenters. The van der Waals surface area contributed by atoms with Crippen molar-refractivity contribution in [3.63, 3.8) is 0 Å². The normalized spacial score (nSPS) is 19.2. The highest BCUT2D eigenvalue weighted by molar-refractivity contribution is 7.12. The molecule has 0 saturated heterocycles. The summed E-state index contributed by atoms with van der Waals surface area (Å²) in [7, 11) is 0. The molecule has 1 heterocycles. The maximum atomic E-state index is 5.87. The Bertz CT molecular complexity index is 287. The number of rotatable bonds is 1. The van der Waals surface area contributed by atoms with Gasteiger partial charge in [0.1, 0.15) is 5.82 Å². The first kappa shape index (κ1) is 9.00. The molecular formula is C10H16N2S. The van der Waals surface area contributed by atoms with Crippen molar-refractivity contribution in [2.75, 3.05) is 5.73 Å². The van der Waals surface area contributed by atoms with Crippen LogP contribution >= 0.6 is 11.3 Å². The highest BCUT2D eigenvalue weighted by atomic mass is 32.1. The summed E-state index contributed by atoms with van der Waals surface area (Å²) < 4.78 is 0. The Morgan fingerprint density at radius 2 is 2.00 bits per heavy atom. The average molecular weight is 196 g/mol. The molecule has 1 aromatic heterocycles. The number of aryl methyl sites for hydroxylation is 1. The molecule has 1 aliphatic rings. The van der Waals surface area contributed by atoms with E-state index in [0.717, 1.165) is 10.8 Å². The minimum absolute atomic E-state index is 0.708. The molecule has 2 N–H and O–H groups in total. The van der Waals surface area contributed by atoms with Gasteiger partial charge in [0.25, 0.3) is 0 Å². The van der Waals surface area contributed by atoms with Crippen LogP contribution in [-0.2, 0) is 0 Å². The van der Waals surface area contributed by atoms with E-state index in [9.17, 15) is 0 Å². The van der Waals surface area contributed by atoms with Crippen molar-refractivity contribution in [1.82, 2.24) is 4.98 Å². The standard InChI is InChI=1S/C10H16N2S/c1-7-12-10(11)9(13-7)8-5-3-2-4-6-8/h8H,2-6,11H2,1H3. The smallest absolute Gasteiger partial charge is 0.138 e. The number of hydrogen-bond donors (Lipinski definition) is 1. The lowest BCUT2D eigenvalue weighted by molar-refractivity contribution is 0.448. The fourth-order valence-electron chi connectivity index (χ4n) is 2.12. The fraction of sp³-hybridized carbons (Fsp3) is 0.700. The highest BCUT2D eigenvalue weighted by Gasteiger charge is 2.20. The van der Waals surface area contributed by atoms with Gasteiger partial charge in [0.15, 0.2) is 0 Å². The number of nitrogens with zero attached hydrogens (tertiary/aromatic N) is 1. The Kier molecular flexibility index (Phi) is 2.54. The van der Waals surface area contributed by atoms with Gasteiger partial charge in [-0.05, 0) is 25.7 Å². The SMILES string of the molecule is Cc1nc(N)c(C2CCCCC2)s1. The highest BCUT2D eigenvalue weighted by Crippen LogP contribution is 2.38. The molecule has 0 amide bonds. The topological polar surface area (TPSA) is 38.9 Å². The van der Waals surface area contributed by atoms with E-state index in [1.807, 2.05) is 6.92 Å². The first-order valence-corrected chi connectivity index (χ1v) is 5.82. The summed E-state index contributed by atoms with van der Waals surface area (Å²) in [5.74, 6) is 1.49. The summed E-state index contributed by atoms with van der Waals surface area (Å²) >= 11 is 1.78. The molecule has 0 aromatic carbocycles. The number of nitrogens with two attached hydrogens (primary N) is 1. The molecular weight excluding hydrogens is 180 g/mol. The molecule has 2 rings (SSSR count). The first-order valence-electron chi connectivity index (χ1n) is 5.00. The van der Waals surface area contributed by atoms with Gasteiger partial charge in [-0.3, -0.25) is 0 Å². The van der Waals surface area contributed by atoms with Crippen LogP contribution in [0.3, 0.4) is 0 Å². The van der Waals surface area contributed by atoms with Gasteiger partial charge in [-0.2, -0.15) is 0 Å². The Balaban J connectivity index is 2.18. The Morgan fingerprint density at radius 3 is 2.54 bits per heavy atom. The van der Waals surface area contributed by atoms with Gasteiger partial charge in [0.05, 0.1) is 9.88 Å². The molecule has 0 radical (unpaired) electrons. The van der Waals surface area contributed by atoms with Crippen molar-refractivity contribution in [2.24, 2.45) is 0 Å². The zero-order chi connectivity index (χ0) is 9.26. The lowest BCUT2D eigenvalue weighted by atomic mass is 9.88. The van der Waals surface area contributed by atoms with E-state index in [2.05, 4.69) is 4.98 Å². The van der Waals surface area contributed by atoms with Crippen LogP contribution in [0.5, 0.6) is 0 Å². The van der Waals surface area contributed by atoms with Crippen LogP contribution in [-0.4, -0.2) is 4.98 Å². The van der Waals surface area contributed by atoms with E-state index in [4.69, 9.17) is 5.73 Å². The minimum Gasteiger partial charge on any atom is -0.383 e. The van der Waals surface area contributed by atoms with Gasteiger partial charge in [-0.25, -0.2) is 4.98 Å². The predicted molar refractivity (Wildman–Crippen MR) is 57.1 cm³/mol. The number of aromatic nitrogens is 1. The maximum Gasteiger partial charge on any atom is 0.138 e. The van der Waals surface area contributed by atoms with Crippen molar-refractivity contribution in [3.05, 3.63) is 9.88 Å². The average Bonchev–Trinajstić information content (AvgIpc) is 2.47. The Morgan fingerprint density at radius 1 is 1.31 bits per heavy atom. The molecule has 1 fully saturated rings. The fourth-order valence-corrected chi connectivity index (χ4v) is 3.13. The third-order valence-electron chi connectivity index (χ3n) is 2.76. The van der Waals surface area contributed by atoms with Crippen LogP contribution < -0.4 is 5.73 Å². The van der Waals surface area contributed by atoms with E-state index < -0.39 is 0 Å². The summed E-state index contributed by atoms with van der Waals surface area (Å²) in [5.41, 5.74) is 5.87. The number of thiazole rings is 1. The molecule has 1 aliphatic carbocycles. The molecule has 0 bridgehead atoms. The van der Waals surface area contributed by atoms with Crippen molar-refractivity contribution in [3.8, 4) is 0 Å². The van der Waals surface area contributed by atoms with Crippen LogP contribution in [0.25, 0.3) is 0 Å². The van der Waals surface area contributed by atoms with E-state index in [0.29, 0.717) is 5.92 Å². The van der Waals surface area contributed by atoms with Gasteiger partial charge in [0.2, 0.25) is 0 Å². The van der Waals surface area contributed by atoms with E-state index in [1.54, 1.807) is 11.3 Å². The Hall–Kier alpha value is -0.570. The number of hydrogen-bond acceptors (Lipinski definition) is 3. The molecule has 0 spiro atoms. The van der Waals surface area contributed by atoms with Crippen LogP contribution in [0.4, 0.5) is 5.82 Å². The molecule has 3 heteroatoms. The van der Waals surface area contributed by atoms with E-state index >= 15 is 0 Å². The summed E-state index contributed by atoms with van der Waals surface area (Å²) in [6, 6.07) is 0. The first-order chi connectivity index (χ1) is 6.27. The van der Waals surface area contributed by atoms with Crippen LogP contribution in [0.2, 0.25) is 0 Å². The molecule has 0 unspecified atom stereocenters. The third kappa shape index (κ3) is 1.85. The number of anilines is 1. The van der Waals surface area contributed by atoms with Crippen molar-refractivity contribution < 1.29 is 0 Å². The molecule has 1 saturated carbocycles. The van der Waals surface area contributed by atoms with Crippen LogP contribution in [0, 0.1) is 6.92 Å². The van der Waals surface area contributed by atoms with Crippen molar-refractivity contribution in [2.45, 2.75) is 44.9 Å². The molecule has 1 aromatic rings. The largest absolute Gasteiger partial charge is 0.383 e. The quantitative estimate of drug-likeness (QED) is 0.749. The second-order valence-corrected chi connectivity index (χ2v) is 5.05. The summed E-state index contributed by atoms with van der Waals surface area (Å²) in [6.45, 7) is 2.04. The molecule has 13 heavy (non-hydrogen) atoms. The second kappa shape index (κ2) is 3.66. The lowest BCUT2D eigenvalue weighted by Crippen LogP contribution is -2.04. The van der Waals surface area contributed by atoms with Crippen molar-refractivity contribution >= 4 is 17.2 Å². The minimum atomic E-state index is 0.708. The van der Waals surface area contributed by atoms with Gasteiger partial charge in [-0.1, -0.05) is 19.3 Å². The second-order valence-electron chi connectivity index (χ2n) is 3.82. The van der Waals surface area contributed by atoms with Gasteiger partial charge < -0.3 is 5.73 Å². The molecule has 2 nitrogen and oxygen atoms in total. The van der Waals surface area contributed by atoms with Gasteiger partial charge in [0, 0.05) is 0 Å². The molecule has 0 aliphatic heterocycles. The summed E-state index contributed by atoms with van der Waals surface area (Å²) in [4.78, 5) is 5.63. The van der Waals surface area contributed by atoms with E-state index in [1.165, 1.54) is 37.0 Å². The van der Waals surface area contributed by atoms with Crippen LogP contribution in [0.15, 0.2) is 0 Å². The predicted octanol–water partition coefficient (Wildman–Crippen LogP) is 3.08. The maximum absolute atomic E-state index is 5.87. The van der Waals surface area contributed by atoms with E-state index in [-0.39, 0.29) is 0 Å². The summed E-state index contributed by atoms with van der Waals surface area (Å²) in [6.07, 6.45) is 6.74. The Labute approximate surface area is 83.2 Å². The lowest BCUT2D eigenvalue weighted by Gasteiger charge is -2.20. The van der Waals surface area contributed by atoms with Gasteiger partial charge >= 0.3 is 0 Å². The zero-order valence-corrected chi connectivity index (χ0v) is 8.86. The zero-order valence-electron chi connectivity index (χ0n) is 8.05. The third-order valence-corrected chi connectivity index (χ3v) is 3.91.